The molecular weight excluding hydrogens is 356 g/mol. The Kier molecular flexibility index (Phi) is 4.88. The molecular formula is C17H21ClN6O2. The third kappa shape index (κ3) is 3.44. The summed E-state index contributed by atoms with van der Waals surface area (Å²) < 4.78 is 2.26. The van der Waals surface area contributed by atoms with Gasteiger partial charge in [0.2, 0.25) is 0 Å². The highest BCUT2D eigenvalue weighted by molar-refractivity contribution is 6.32. The first-order chi connectivity index (χ1) is 12.6. The Morgan fingerprint density at radius 2 is 2.08 bits per heavy atom. The lowest BCUT2D eigenvalue weighted by atomic mass is 9.95. The van der Waals surface area contributed by atoms with Crippen molar-refractivity contribution in [3.63, 3.8) is 0 Å². The fourth-order valence-corrected chi connectivity index (χ4v) is 4.01. The van der Waals surface area contributed by atoms with Crippen LogP contribution < -0.4 is 5.32 Å². The number of halogens is 1. The van der Waals surface area contributed by atoms with E-state index in [1.807, 2.05) is 6.07 Å². The van der Waals surface area contributed by atoms with Gasteiger partial charge in [0.25, 0.3) is 5.69 Å². The van der Waals surface area contributed by atoms with Crippen molar-refractivity contribution in [2.24, 2.45) is 0 Å². The molecule has 1 aromatic carbocycles. The maximum atomic E-state index is 11.0. The van der Waals surface area contributed by atoms with Gasteiger partial charge in [-0.05, 0) is 37.6 Å². The first-order valence-electron chi connectivity index (χ1n) is 8.89. The fraction of sp³-hybridized carbons (Fsp3) is 0.529. The van der Waals surface area contributed by atoms with Gasteiger partial charge in [0.15, 0.2) is 0 Å². The molecule has 26 heavy (non-hydrogen) atoms. The van der Waals surface area contributed by atoms with Gasteiger partial charge >= 0.3 is 0 Å². The SMILES string of the molecule is O=[N+]([O-])c1cc(CN2CCC(c3nnc4n3CCNC4)CC2)ccc1Cl. The summed E-state index contributed by atoms with van der Waals surface area (Å²) in [4.78, 5) is 12.9. The van der Waals surface area contributed by atoms with E-state index in [0.29, 0.717) is 12.5 Å². The van der Waals surface area contributed by atoms with Crippen LogP contribution in [0, 0.1) is 10.1 Å². The van der Waals surface area contributed by atoms with Crippen molar-refractivity contribution in [1.82, 2.24) is 25.0 Å². The van der Waals surface area contributed by atoms with Gasteiger partial charge in [-0.3, -0.25) is 15.0 Å². The van der Waals surface area contributed by atoms with Crippen molar-refractivity contribution in [3.05, 3.63) is 50.5 Å². The van der Waals surface area contributed by atoms with Gasteiger partial charge in [0.1, 0.15) is 16.7 Å². The minimum absolute atomic E-state index is 0.0252. The molecule has 138 valence electrons. The van der Waals surface area contributed by atoms with Crippen molar-refractivity contribution in [1.29, 1.82) is 0 Å². The molecule has 0 saturated carbocycles. The highest BCUT2D eigenvalue weighted by Gasteiger charge is 2.27. The highest BCUT2D eigenvalue weighted by Crippen LogP contribution is 2.30. The average molecular weight is 377 g/mol. The quantitative estimate of drug-likeness (QED) is 0.650. The number of likely N-dealkylation sites (tertiary alicyclic amines) is 1. The highest BCUT2D eigenvalue weighted by atomic mass is 35.5. The number of hydrogen-bond donors (Lipinski definition) is 1. The van der Waals surface area contributed by atoms with E-state index in [2.05, 4.69) is 25.0 Å². The molecule has 0 atom stereocenters. The topological polar surface area (TPSA) is 89.1 Å². The van der Waals surface area contributed by atoms with Gasteiger partial charge in [-0.2, -0.15) is 0 Å². The van der Waals surface area contributed by atoms with E-state index < -0.39 is 4.92 Å². The molecule has 0 bridgehead atoms. The summed E-state index contributed by atoms with van der Waals surface area (Å²) in [6.45, 7) is 5.29. The summed E-state index contributed by atoms with van der Waals surface area (Å²) in [7, 11) is 0. The van der Waals surface area contributed by atoms with Gasteiger partial charge in [-0.15, -0.1) is 10.2 Å². The van der Waals surface area contributed by atoms with Crippen molar-refractivity contribution in [3.8, 4) is 0 Å². The summed E-state index contributed by atoms with van der Waals surface area (Å²) in [6.07, 6.45) is 2.06. The standard InChI is InChI=1S/C17H21ClN6O2/c18-14-2-1-12(9-15(14)24(25)26)11-22-6-3-13(4-7-22)17-21-20-16-10-19-5-8-23(16)17/h1-2,9,13,19H,3-8,10-11H2. The molecule has 2 aliphatic rings. The maximum absolute atomic E-state index is 11.0. The Labute approximate surface area is 156 Å². The largest absolute Gasteiger partial charge is 0.312 e. The van der Waals surface area contributed by atoms with Crippen LogP contribution in [0.1, 0.15) is 36.0 Å². The Morgan fingerprint density at radius 1 is 1.27 bits per heavy atom. The van der Waals surface area contributed by atoms with Crippen LogP contribution in [0.2, 0.25) is 5.02 Å². The number of rotatable bonds is 4. The van der Waals surface area contributed by atoms with E-state index in [9.17, 15) is 10.1 Å². The van der Waals surface area contributed by atoms with E-state index in [1.54, 1.807) is 12.1 Å². The van der Waals surface area contributed by atoms with Gasteiger partial charge in [0, 0.05) is 31.6 Å². The fourth-order valence-electron chi connectivity index (χ4n) is 3.82. The summed E-state index contributed by atoms with van der Waals surface area (Å²) in [5.41, 5.74) is 0.897. The third-order valence-corrected chi connectivity index (χ3v) is 5.54. The van der Waals surface area contributed by atoms with Gasteiger partial charge < -0.3 is 9.88 Å². The van der Waals surface area contributed by atoms with E-state index in [-0.39, 0.29) is 10.7 Å². The van der Waals surface area contributed by atoms with Crippen LogP contribution in [0.25, 0.3) is 0 Å². The van der Waals surface area contributed by atoms with Crippen LogP contribution >= 0.6 is 11.6 Å². The lowest BCUT2D eigenvalue weighted by Gasteiger charge is -2.32. The summed E-state index contributed by atoms with van der Waals surface area (Å²) in [5, 5.41) is 23.3. The van der Waals surface area contributed by atoms with Crippen LogP contribution in [0.3, 0.4) is 0 Å². The number of benzene rings is 1. The second-order valence-corrected chi connectivity index (χ2v) is 7.30. The van der Waals surface area contributed by atoms with Crippen LogP contribution in [0.15, 0.2) is 18.2 Å². The molecule has 3 heterocycles. The van der Waals surface area contributed by atoms with Crippen molar-refractivity contribution >= 4 is 17.3 Å². The van der Waals surface area contributed by atoms with E-state index >= 15 is 0 Å². The average Bonchev–Trinajstić information content (AvgIpc) is 3.08. The third-order valence-electron chi connectivity index (χ3n) is 5.22. The Morgan fingerprint density at radius 3 is 2.85 bits per heavy atom. The second kappa shape index (κ2) is 7.30. The molecule has 1 saturated heterocycles. The zero-order chi connectivity index (χ0) is 18.1. The second-order valence-electron chi connectivity index (χ2n) is 6.90. The van der Waals surface area contributed by atoms with Crippen LogP contribution in [-0.4, -0.2) is 44.2 Å². The Balaban J connectivity index is 1.39. The van der Waals surface area contributed by atoms with E-state index in [4.69, 9.17) is 11.6 Å². The lowest BCUT2D eigenvalue weighted by molar-refractivity contribution is -0.384. The molecule has 0 aliphatic carbocycles. The minimum Gasteiger partial charge on any atom is -0.312 e. The van der Waals surface area contributed by atoms with Crippen LogP contribution in [0.5, 0.6) is 0 Å². The Hall–Kier alpha value is -2.03. The molecule has 2 aromatic rings. The lowest BCUT2D eigenvalue weighted by Crippen LogP contribution is -2.34. The number of hydrogen-bond acceptors (Lipinski definition) is 6. The first kappa shape index (κ1) is 17.4. The number of nitrogens with zero attached hydrogens (tertiary/aromatic N) is 5. The van der Waals surface area contributed by atoms with E-state index in [1.165, 1.54) is 0 Å². The number of fused-ring (bicyclic) bond motifs is 1. The summed E-state index contributed by atoms with van der Waals surface area (Å²) >= 11 is 5.89. The van der Waals surface area contributed by atoms with Gasteiger partial charge in [0.05, 0.1) is 11.5 Å². The molecule has 1 aromatic heterocycles. The molecule has 0 radical (unpaired) electrons. The number of piperidine rings is 1. The maximum Gasteiger partial charge on any atom is 0.288 e. The van der Waals surface area contributed by atoms with E-state index in [0.717, 1.165) is 62.8 Å². The van der Waals surface area contributed by atoms with Crippen molar-refractivity contribution < 1.29 is 4.92 Å². The number of nitro groups is 1. The smallest absolute Gasteiger partial charge is 0.288 e. The van der Waals surface area contributed by atoms with Crippen LogP contribution in [0.4, 0.5) is 5.69 Å². The molecule has 0 unspecified atom stereocenters. The molecule has 0 amide bonds. The predicted molar refractivity (Wildman–Crippen MR) is 97.1 cm³/mol. The molecule has 0 spiro atoms. The molecule has 1 fully saturated rings. The molecule has 1 N–H and O–H groups in total. The molecule has 9 heteroatoms. The minimum atomic E-state index is -0.429. The number of nitro benzene ring substituents is 1. The number of aromatic nitrogens is 3. The normalized spacial score (nSPS) is 18.7. The van der Waals surface area contributed by atoms with Crippen LogP contribution in [-0.2, 0) is 19.6 Å². The van der Waals surface area contributed by atoms with Crippen molar-refractivity contribution in [2.45, 2.75) is 38.4 Å². The summed E-state index contributed by atoms with van der Waals surface area (Å²) in [6, 6.07) is 5.05. The molecule has 4 rings (SSSR count). The first-order valence-corrected chi connectivity index (χ1v) is 9.27. The zero-order valence-corrected chi connectivity index (χ0v) is 15.2. The monoisotopic (exact) mass is 376 g/mol. The zero-order valence-electron chi connectivity index (χ0n) is 14.4. The van der Waals surface area contributed by atoms with Gasteiger partial charge in [-0.25, -0.2) is 0 Å². The summed E-state index contributed by atoms with van der Waals surface area (Å²) in [5.74, 6) is 2.58. The number of nitrogens with one attached hydrogen (secondary N) is 1. The van der Waals surface area contributed by atoms with Gasteiger partial charge in [-0.1, -0.05) is 17.7 Å². The predicted octanol–water partition coefficient (Wildman–Crippen LogP) is 2.32. The molecule has 2 aliphatic heterocycles. The van der Waals surface area contributed by atoms with Crippen molar-refractivity contribution in [2.75, 3.05) is 19.6 Å². The Bertz CT molecular complexity index is 816. The molecule has 8 nitrogen and oxygen atoms in total.